The fourth-order valence-corrected chi connectivity index (χ4v) is 3.96. The van der Waals surface area contributed by atoms with Crippen molar-refractivity contribution in [2.45, 2.75) is 59.8 Å². The number of pyridine rings is 1. The normalized spacial score (nSPS) is 13.2. The van der Waals surface area contributed by atoms with Crippen molar-refractivity contribution in [3.05, 3.63) is 53.3 Å². The highest BCUT2D eigenvalue weighted by Gasteiger charge is 2.24. The molecular formula is C25H33NO3. The van der Waals surface area contributed by atoms with Gasteiger partial charge in [0.1, 0.15) is 5.78 Å². The summed E-state index contributed by atoms with van der Waals surface area (Å²) in [4.78, 5) is 29.3. The van der Waals surface area contributed by atoms with Crippen LogP contribution in [0.5, 0.6) is 0 Å². The van der Waals surface area contributed by atoms with Gasteiger partial charge in [0.2, 0.25) is 0 Å². The van der Waals surface area contributed by atoms with Crippen LogP contribution in [0.1, 0.15) is 62.6 Å². The van der Waals surface area contributed by atoms with Crippen molar-refractivity contribution in [1.29, 1.82) is 0 Å². The van der Waals surface area contributed by atoms with Gasteiger partial charge in [0, 0.05) is 36.2 Å². The van der Waals surface area contributed by atoms with Crippen molar-refractivity contribution in [3.8, 4) is 11.1 Å². The number of Topliss-reactive ketones (excluding diaryl/α,β-unsaturated/α-hetero) is 1. The van der Waals surface area contributed by atoms with E-state index in [4.69, 9.17) is 4.74 Å². The molecule has 1 aromatic heterocycles. The standard InChI is InChI=1S/C25H33NO3/c1-16(2)10-19(5)23(27)12-20(13-24(28)29-6)21-11-22(15-26-14-21)25-17(3)8-7-9-18(25)4/h7-9,11,14-16,19-20H,10,12-13H2,1-6H3/t19-,20+/m1/s1. The van der Waals surface area contributed by atoms with E-state index >= 15 is 0 Å². The Kier molecular flexibility index (Phi) is 8.12. The Morgan fingerprint density at radius 1 is 1.03 bits per heavy atom. The van der Waals surface area contributed by atoms with Gasteiger partial charge in [-0.05, 0) is 54.5 Å². The molecule has 0 aliphatic heterocycles. The molecule has 2 rings (SSSR count). The summed E-state index contributed by atoms with van der Waals surface area (Å²) < 4.78 is 4.89. The van der Waals surface area contributed by atoms with E-state index in [1.165, 1.54) is 18.2 Å². The number of esters is 1. The van der Waals surface area contributed by atoms with E-state index in [-0.39, 0.29) is 30.0 Å². The van der Waals surface area contributed by atoms with Gasteiger partial charge in [-0.15, -0.1) is 0 Å². The maximum absolute atomic E-state index is 12.8. The third kappa shape index (κ3) is 6.25. The van der Waals surface area contributed by atoms with Crippen molar-refractivity contribution in [3.63, 3.8) is 0 Å². The molecule has 0 unspecified atom stereocenters. The minimum Gasteiger partial charge on any atom is -0.469 e. The van der Waals surface area contributed by atoms with Crippen molar-refractivity contribution in [2.75, 3.05) is 7.11 Å². The van der Waals surface area contributed by atoms with E-state index in [1.54, 1.807) is 6.20 Å². The van der Waals surface area contributed by atoms with Gasteiger partial charge in [-0.1, -0.05) is 39.0 Å². The molecular weight excluding hydrogens is 362 g/mol. The summed E-state index contributed by atoms with van der Waals surface area (Å²) in [5, 5.41) is 0. The van der Waals surface area contributed by atoms with Crippen molar-refractivity contribution in [1.82, 2.24) is 4.98 Å². The van der Waals surface area contributed by atoms with Gasteiger partial charge in [-0.25, -0.2) is 0 Å². The molecule has 0 amide bonds. The number of aryl methyl sites for hydroxylation is 2. The topological polar surface area (TPSA) is 56.3 Å². The number of rotatable bonds is 9. The van der Waals surface area contributed by atoms with Crippen LogP contribution in [0.4, 0.5) is 0 Å². The monoisotopic (exact) mass is 395 g/mol. The van der Waals surface area contributed by atoms with E-state index in [0.29, 0.717) is 12.3 Å². The smallest absolute Gasteiger partial charge is 0.306 e. The summed E-state index contributed by atoms with van der Waals surface area (Å²) >= 11 is 0. The molecule has 156 valence electrons. The predicted molar refractivity (Wildman–Crippen MR) is 117 cm³/mol. The zero-order valence-electron chi connectivity index (χ0n) is 18.5. The SMILES string of the molecule is COC(=O)C[C@H](CC(=O)[C@H](C)CC(C)C)c1cncc(-c2c(C)cccc2C)c1. The van der Waals surface area contributed by atoms with Gasteiger partial charge in [0.15, 0.2) is 0 Å². The van der Waals surface area contributed by atoms with Crippen LogP contribution in [0.25, 0.3) is 11.1 Å². The van der Waals surface area contributed by atoms with Gasteiger partial charge in [-0.3, -0.25) is 14.6 Å². The van der Waals surface area contributed by atoms with E-state index in [9.17, 15) is 9.59 Å². The summed E-state index contributed by atoms with van der Waals surface area (Å²) in [5.74, 6) is 0.0788. The van der Waals surface area contributed by atoms with Gasteiger partial charge in [-0.2, -0.15) is 0 Å². The summed E-state index contributed by atoms with van der Waals surface area (Å²) in [6.07, 6.45) is 4.96. The molecule has 0 radical (unpaired) electrons. The zero-order chi connectivity index (χ0) is 21.6. The minimum atomic E-state index is -0.309. The van der Waals surface area contributed by atoms with Crippen LogP contribution in [0.2, 0.25) is 0 Å². The van der Waals surface area contributed by atoms with Crippen LogP contribution in [0, 0.1) is 25.7 Å². The molecule has 4 heteroatoms. The van der Waals surface area contributed by atoms with E-state index < -0.39 is 0 Å². The first kappa shape index (κ1) is 22.8. The Balaban J connectivity index is 2.36. The number of benzene rings is 1. The highest BCUT2D eigenvalue weighted by atomic mass is 16.5. The first-order chi connectivity index (χ1) is 13.7. The maximum atomic E-state index is 12.8. The highest BCUT2D eigenvalue weighted by Crippen LogP contribution is 2.32. The molecule has 0 aliphatic rings. The van der Waals surface area contributed by atoms with Crippen molar-refractivity contribution < 1.29 is 14.3 Å². The summed E-state index contributed by atoms with van der Waals surface area (Å²) in [6, 6.07) is 8.27. The fraction of sp³-hybridized carbons (Fsp3) is 0.480. The zero-order valence-corrected chi connectivity index (χ0v) is 18.5. The number of hydrogen-bond acceptors (Lipinski definition) is 4. The molecule has 2 aromatic rings. The number of carbonyl (C=O) groups excluding carboxylic acids is 2. The summed E-state index contributed by atoms with van der Waals surface area (Å²) in [5.41, 5.74) is 5.42. The molecule has 1 aromatic carbocycles. The summed E-state index contributed by atoms with van der Waals surface area (Å²) in [6.45, 7) is 10.4. The molecule has 0 saturated heterocycles. The summed E-state index contributed by atoms with van der Waals surface area (Å²) in [7, 11) is 1.38. The Hall–Kier alpha value is -2.49. The second-order valence-corrected chi connectivity index (χ2v) is 8.45. The van der Waals surface area contributed by atoms with Crippen LogP contribution in [0.15, 0.2) is 36.7 Å². The van der Waals surface area contributed by atoms with Gasteiger partial charge < -0.3 is 4.74 Å². The second-order valence-electron chi connectivity index (χ2n) is 8.45. The molecule has 0 saturated carbocycles. The molecule has 4 nitrogen and oxygen atoms in total. The third-order valence-electron chi connectivity index (χ3n) is 5.46. The largest absolute Gasteiger partial charge is 0.469 e. The average Bonchev–Trinajstić information content (AvgIpc) is 2.66. The molecule has 0 fully saturated rings. The molecule has 0 spiro atoms. The predicted octanol–water partition coefficient (Wildman–Crippen LogP) is 5.65. The van der Waals surface area contributed by atoms with Gasteiger partial charge in [0.25, 0.3) is 0 Å². The molecule has 0 aliphatic carbocycles. The first-order valence-corrected chi connectivity index (χ1v) is 10.3. The van der Waals surface area contributed by atoms with Crippen molar-refractivity contribution >= 4 is 11.8 Å². The van der Waals surface area contributed by atoms with Crippen LogP contribution in [-0.4, -0.2) is 23.8 Å². The van der Waals surface area contributed by atoms with Gasteiger partial charge in [0.05, 0.1) is 13.5 Å². The molecule has 1 heterocycles. The molecule has 29 heavy (non-hydrogen) atoms. The first-order valence-electron chi connectivity index (χ1n) is 10.3. The lowest BCUT2D eigenvalue weighted by Gasteiger charge is -2.20. The number of nitrogens with zero attached hydrogens (tertiary/aromatic N) is 1. The minimum absolute atomic E-state index is 0.0232. The average molecular weight is 396 g/mol. The number of carbonyl (C=O) groups is 2. The highest BCUT2D eigenvalue weighted by molar-refractivity contribution is 5.82. The maximum Gasteiger partial charge on any atom is 0.306 e. The fourth-order valence-electron chi connectivity index (χ4n) is 3.96. The Labute approximate surface area is 174 Å². The number of ketones is 1. The number of ether oxygens (including phenoxy) is 1. The molecule has 2 atom stereocenters. The van der Waals surface area contributed by atoms with Crippen LogP contribution < -0.4 is 0 Å². The number of aromatic nitrogens is 1. The second kappa shape index (κ2) is 10.3. The molecule has 0 bridgehead atoms. The van der Waals surface area contributed by atoms with E-state index in [1.807, 2.05) is 19.2 Å². The Morgan fingerprint density at radius 2 is 1.69 bits per heavy atom. The Bertz CT molecular complexity index is 837. The number of hydrogen-bond donors (Lipinski definition) is 0. The van der Waals surface area contributed by atoms with Crippen LogP contribution in [-0.2, 0) is 14.3 Å². The quantitative estimate of drug-likeness (QED) is 0.515. The van der Waals surface area contributed by atoms with E-state index in [0.717, 1.165) is 23.1 Å². The van der Waals surface area contributed by atoms with Gasteiger partial charge >= 0.3 is 5.97 Å². The lowest BCUT2D eigenvalue weighted by Crippen LogP contribution is -2.19. The van der Waals surface area contributed by atoms with E-state index in [2.05, 4.69) is 50.9 Å². The lowest BCUT2D eigenvalue weighted by molar-refractivity contribution is -0.141. The van der Waals surface area contributed by atoms with Crippen molar-refractivity contribution in [2.24, 2.45) is 11.8 Å². The number of methoxy groups -OCH3 is 1. The van der Waals surface area contributed by atoms with Crippen LogP contribution >= 0.6 is 0 Å². The third-order valence-corrected chi connectivity index (χ3v) is 5.46. The molecule has 0 N–H and O–H groups in total. The van der Waals surface area contributed by atoms with Crippen LogP contribution in [0.3, 0.4) is 0 Å². The Morgan fingerprint density at radius 3 is 2.28 bits per heavy atom. The lowest BCUT2D eigenvalue weighted by atomic mass is 9.84.